The van der Waals surface area contributed by atoms with E-state index in [1.54, 1.807) is 0 Å². The largest absolute Gasteiger partial charge is 0.476 e. The van der Waals surface area contributed by atoms with Crippen molar-refractivity contribution in [2.45, 2.75) is 20.4 Å². The summed E-state index contributed by atoms with van der Waals surface area (Å²) in [6, 6.07) is 0. The molecule has 0 aliphatic heterocycles. The Morgan fingerprint density at radius 2 is 2.24 bits per heavy atom. The van der Waals surface area contributed by atoms with Crippen LogP contribution in [0.2, 0.25) is 0 Å². The lowest BCUT2D eigenvalue weighted by molar-refractivity contribution is 0.0690. The van der Waals surface area contributed by atoms with Crippen LogP contribution in [0.5, 0.6) is 0 Å². The summed E-state index contributed by atoms with van der Waals surface area (Å²) in [6.45, 7) is 3.99. The number of aryl methyl sites for hydroxylation is 2. The lowest BCUT2D eigenvalue weighted by Crippen LogP contribution is -2.14. The summed E-state index contributed by atoms with van der Waals surface area (Å²) in [4.78, 5) is 31.7. The molecule has 0 unspecified atom stereocenters. The lowest BCUT2D eigenvalue weighted by Gasteiger charge is -2.00. The number of aromatic carboxylic acids is 1. The van der Waals surface area contributed by atoms with Gasteiger partial charge >= 0.3 is 5.97 Å². The molecule has 3 aromatic heterocycles. The topological polar surface area (TPSA) is 114 Å². The van der Waals surface area contributed by atoms with Crippen molar-refractivity contribution in [3.8, 4) is 0 Å². The molecule has 0 saturated heterocycles. The molecule has 108 valence electrons. The minimum Gasteiger partial charge on any atom is -0.476 e. The van der Waals surface area contributed by atoms with Crippen LogP contribution in [-0.2, 0) is 6.54 Å². The lowest BCUT2D eigenvalue weighted by atomic mass is 10.2. The quantitative estimate of drug-likeness (QED) is 0.744. The number of nitrogens with zero attached hydrogens (tertiary/aromatic N) is 4. The van der Waals surface area contributed by atoms with Crippen LogP contribution < -0.4 is 5.56 Å². The van der Waals surface area contributed by atoms with Crippen LogP contribution in [0.25, 0.3) is 10.2 Å². The first-order valence-corrected chi connectivity index (χ1v) is 6.89. The number of carbonyl (C=O) groups is 1. The zero-order valence-corrected chi connectivity index (χ0v) is 12.1. The molecule has 0 bridgehead atoms. The minimum absolute atomic E-state index is 0.152. The molecule has 3 rings (SSSR count). The number of aromatic amines is 1. The van der Waals surface area contributed by atoms with Gasteiger partial charge < -0.3 is 10.1 Å². The molecular weight excluding hydrogens is 294 g/mol. The fourth-order valence-electron chi connectivity index (χ4n) is 2.00. The summed E-state index contributed by atoms with van der Waals surface area (Å²) < 4.78 is 1.32. The van der Waals surface area contributed by atoms with E-state index >= 15 is 0 Å². The standard InChI is InChI=1S/C12H11N5O3S/c1-5-6(2)21-11-9(5)10(18)13-8(14-11)4-17-3-7(12(19)20)15-16-17/h3H,4H2,1-2H3,(H,19,20)(H,13,14,18). The molecule has 2 N–H and O–H groups in total. The summed E-state index contributed by atoms with van der Waals surface area (Å²) in [5.74, 6) is -0.738. The second kappa shape index (κ2) is 4.77. The van der Waals surface area contributed by atoms with Crippen molar-refractivity contribution in [1.82, 2.24) is 25.0 Å². The van der Waals surface area contributed by atoms with Gasteiger partial charge in [-0.15, -0.1) is 16.4 Å². The van der Waals surface area contributed by atoms with E-state index in [1.807, 2.05) is 13.8 Å². The van der Waals surface area contributed by atoms with E-state index in [0.717, 1.165) is 10.4 Å². The number of H-pyrrole nitrogens is 1. The molecule has 0 radical (unpaired) electrons. The van der Waals surface area contributed by atoms with Crippen LogP contribution in [0.3, 0.4) is 0 Å². The third-order valence-electron chi connectivity index (χ3n) is 3.16. The van der Waals surface area contributed by atoms with Gasteiger partial charge in [0.1, 0.15) is 17.2 Å². The maximum Gasteiger partial charge on any atom is 0.358 e. The first-order chi connectivity index (χ1) is 9.95. The SMILES string of the molecule is Cc1sc2nc(Cn3cc(C(=O)O)nn3)[nH]c(=O)c2c1C. The predicted molar refractivity (Wildman–Crippen MR) is 75.8 cm³/mol. The number of hydrogen-bond donors (Lipinski definition) is 2. The van der Waals surface area contributed by atoms with Gasteiger partial charge in [-0.3, -0.25) is 4.79 Å². The monoisotopic (exact) mass is 305 g/mol. The van der Waals surface area contributed by atoms with Gasteiger partial charge in [0, 0.05) is 4.88 Å². The van der Waals surface area contributed by atoms with Crippen molar-refractivity contribution < 1.29 is 9.90 Å². The minimum atomic E-state index is -1.15. The molecular formula is C12H11N5O3S. The second-order valence-electron chi connectivity index (χ2n) is 4.58. The average molecular weight is 305 g/mol. The number of thiophene rings is 1. The van der Waals surface area contributed by atoms with Crippen LogP contribution in [0, 0.1) is 13.8 Å². The summed E-state index contributed by atoms with van der Waals surface area (Å²) in [7, 11) is 0. The van der Waals surface area contributed by atoms with Crippen molar-refractivity contribution in [3.63, 3.8) is 0 Å². The molecule has 8 nitrogen and oxygen atoms in total. The fourth-order valence-corrected chi connectivity index (χ4v) is 3.05. The Bertz CT molecular complexity index is 907. The normalized spacial score (nSPS) is 11.1. The zero-order chi connectivity index (χ0) is 15.1. The Kier molecular flexibility index (Phi) is 3.05. The Morgan fingerprint density at radius 3 is 2.90 bits per heavy atom. The molecule has 0 aliphatic carbocycles. The molecule has 0 amide bonds. The number of rotatable bonds is 3. The second-order valence-corrected chi connectivity index (χ2v) is 5.79. The van der Waals surface area contributed by atoms with Gasteiger partial charge in [0.15, 0.2) is 5.69 Å². The van der Waals surface area contributed by atoms with E-state index in [9.17, 15) is 9.59 Å². The summed E-state index contributed by atoms with van der Waals surface area (Å²) in [5, 5.41) is 16.6. The highest BCUT2D eigenvalue weighted by Crippen LogP contribution is 2.25. The Morgan fingerprint density at radius 1 is 1.48 bits per heavy atom. The van der Waals surface area contributed by atoms with Crippen molar-refractivity contribution in [3.05, 3.63) is 38.5 Å². The van der Waals surface area contributed by atoms with E-state index in [1.165, 1.54) is 22.2 Å². The first-order valence-electron chi connectivity index (χ1n) is 6.08. The molecule has 0 fully saturated rings. The first kappa shape index (κ1) is 13.4. The van der Waals surface area contributed by atoms with Gasteiger partial charge in [-0.25, -0.2) is 14.5 Å². The van der Waals surface area contributed by atoms with Crippen LogP contribution in [0.15, 0.2) is 11.0 Å². The van der Waals surface area contributed by atoms with Gasteiger partial charge in [0.25, 0.3) is 5.56 Å². The molecule has 0 saturated carbocycles. The molecule has 0 aliphatic rings. The fraction of sp³-hybridized carbons (Fsp3) is 0.250. The van der Waals surface area contributed by atoms with Crippen molar-refractivity contribution in [2.75, 3.05) is 0 Å². The van der Waals surface area contributed by atoms with Gasteiger partial charge in [0.2, 0.25) is 0 Å². The molecule has 9 heteroatoms. The molecule has 3 aromatic rings. The van der Waals surface area contributed by atoms with Crippen LogP contribution in [0.1, 0.15) is 26.8 Å². The smallest absolute Gasteiger partial charge is 0.358 e. The van der Waals surface area contributed by atoms with E-state index in [0.29, 0.717) is 16.0 Å². The summed E-state index contributed by atoms with van der Waals surface area (Å²) in [5.41, 5.74) is 0.584. The molecule has 3 heterocycles. The van der Waals surface area contributed by atoms with E-state index in [-0.39, 0.29) is 17.8 Å². The van der Waals surface area contributed by atoms with E-state index in [4.69, 9.17) is 5.11 Å². The number of hydrogen-bond acceptors (Lipinski definition) is 6. The molecule has 0 atom stereocenters. The molecule has 0 spiro atoms. The van der Waals surface area contributed by atoms with Gasteiger partial charge in [-0.2, -0.15) is 0 Å². The number of carboxylic acids is 1. The third kappa shape index (κ3) is 2.31. The third-order valence-corrected chi connectivity index (χ3v) is 4.26. The zero-order valence-electron chi connectivity index (χ0n) is 11.2. The van der Waals surface area contributed by atoms with Gasteiger partial charge in [-0.1, -0.05) is 5.21 Å². The van der Waals surface area contributed by atoms with Gasteiger partial charge in [0.05, 0.1) is 11.6 Å². The maximum atomic E-state index is 12.1. The number of carboxylic acid groups (broad SMARTS) is 1. The van der Waals surface area contributed by atoms with Crippen molar-refractivity contribution in [1.29, 1.82) is 0 Å². The summed E-state index contributed by atoms with van der Waals surface area (Å²) in [6.07, 6.45) is 1.29. The Balaban J connectivity index is 2.01. The van der Waals surface area contributed by atoms with Crippen LogP contribution in [0.4, 0.5) is 0 Å². The van der Waals surface area contributed by atoms with Gasteiger partial charge in [-0.05, 0) is 19.4 Å². The highest BCUT2D eigenvalue weighted by molar-refractivity contribution is 7.18. The Labute approximate surface area is 122 Å². The van der Waals surface area contributed by atoms with E-state index < -0.39 is 5.97 Å². The van der Waals surface area contributed by atoms with Crippen LogP contribution >= 0.6 is 11.3 Å². The average Bonchev–Trinajstić information content (AvgIpc) is 2.96. The highest BCUT2D eigenvalue weighted by atomic mass is 32.1. The number of nitrogens with one attached hydrogen (secondary N) is 1. The van der Waals surface area contributed by atoms with E-state index in [2.05, 4.69) is 20.3 Å². The maximum absolute atomic E-state index is 12.1. The van der Waals surface area contributed by atoms with Crippen LogP contribution in [-0.4, -0.2) is 36.0 Å². The Hall–Kier alpha value is -2.55. The van der Waals surface area contributed by atoms with Crippen molar-refractivity contribution in [2.24, 2.45) is 0 Å². The number of aromatic nitrogens is 5. The summed E-state index contributed by atoms with van der Waals surface area (Å²) >= 11 is 1.46. The highest BCUT2D eigenvalue weighted by Gasteiger charge is 2.13. The molecule has 0 aromatic carbocycles. The number of fused-ring (bicyclic) bond motifs is 1. The van der Waals surface area contributed by atoms with Crippen molar-refractivity contribution >= 4 is 27.5 Å². The molecule has 21 heavy (non-hydrogen) atoms. The predicted octanol–water partition coefficient (Wildman–Crippen LogP) is 0.939.